The topological polar surface area (TPSA) is 35.2 Å². The molecule has 26 heavy (non-hydrogen) atoms. The van der Waals surface area contributed by atoms with Gasteiger partial charge in [0.1, 0.15) is 0 Å². The van der Waals surface area contributed by atoms with Crippen molar-refractivity contribution in [1.82, 2.24) is 5.10 Å². The standard InChI is InChI=1S/C16H19N2O2S.BF4/c1-5-10-18-16(21-12(2)17-18)9-7-13-6-8-14(19-3)15(11-13)20-4;2-1(3,4)5/h5-9,11H,1,10H2,2-4H3;/q+1;-1/b9-7+;. The van der Waals surface area contributed by atoms with E-state index in [2.05, 4.69) is 17.8 Å². The van der Waals surface area contributed by atoms with Crippen molar-refractivity contribution in [2.24, 2.45) is 0 Å². The molecule has 0 unspecified atom stereocenters. The molecule has 2 aromatic rings. The summed E-state index contributed by atoms with van der Waals surface area (Å²) in [5, 5.41) is 6.56. The Kier molecular flexibility index (Phi) is 8.30. The first-order chi connectivity index (χ1) is 12.2. The molecule has 0 saturated carbocycles. The second kappa shape index (κ2) is 9.96. The summed E-state index contributed by atoms with van der Waals surface area (Å²) in [5.41, 5.74) is 1.05. The van der Waals surface area contributed by atoms with Gasteiger partial charge in [-0.25, -0.2) is 0 Å². The van der Waals surface area contributed by atoms with Crippen molar-refractivity contribution in [3.05, 3.63) is 46.4 Å². The Morgan fingerprint density at radius 3 is 2.31 bits per heavy atom. The zero-order chi connectivity index (χ0) is 19.7. The van der Waals surface area contributed by atoms with E-state index in [-0.39, 0.29) is 0 Å². The van der Waals surface area contributed by atoms with E-state index in [1.807, 2.05) is 42.0 Å². The van der Waals surface area contributed by atoms with Crippen molar-refractivity contribution in [3.8, 4) is 11.5 Å². The number of allylic oxidation sites excluding steroid dienone is 1. The predicted octanol–water partition coefficient (Wildman–Crippen LogP) is 4.41. The van der Waals surface area contributed by atoms with Gasteiger partial charge in [0.15, 0.2) is 23.1 Å². The normalized spacial score (nSPS) is 11.0. The third kappa shape index (κ3) is 7.69. The second-order valence-corrected chi connectivity index (χ2v) is 6.09. The third-order valence-electron chi connectivity index (χ3n) is 2.90. The van der Waals surface area contributed by atoms with E-state index in [4.69, 9.17) is 9.47 Å². The summed E-state index contributed by atoms with van der Waals surface area (Å²) in [7, 11) is -2.73. The quantitative estimate of drug-likeness (QED) is 0.317. The van der Waals surface area contributed by atoms with Crippen LogP contribution in [0.1, 0.15) is 15.6 Å². The maximum Gasteiger partial charge on any atom is 0.673 e. The summed E-state index contributed by atoms with van der Waals surface area (Å²) in [6.07, 6.45) is 5.93. The van der Waals surface area contributed by atoms with E-state index in [0.717, 1.165) is 27.1 Å². The van der Waals surface area contributed by atoms with E-state index in [1.165, 1.54) is 0 Å². The van der Waals surface area contributed by atoms with Crippen molar-refractivity contribution in [3.63, 3.8) is 0 Å². The molecule has 0 aliphatic heterocycles. The molecule has 0 spiro atoms. The van der Waals surface area contributed by atoms with Gasteiger partial charge in [0.05, 0.1) is 14.2 Å². The number of methoxy groups -OCH3 is 2. The lowest BCUT2D eigenvalue weighted by Crippen LogP contribution is -2.37. The van der Waals surface area contributed by atoms with Crippen LogP contribution in [0.3, 0.4) is 0 Å². The monoisotopic (exact) mass is 390 g/mol. The first kappa shape index (κ1) is 21.7. The lowest BCUT2D eigenvalue weighted by molar-refractivity contribution is -0.741. The van der Waals surface area contributed by atoms with Crippen LogP contribution in [-0.2, 0) is 6.54 Å². The molecule has 0 N–H and O–H groups in total. The van der Waals surface area contributed by atoms with Crippen LogP contribution >= 0.6 is 11.3 Å². The lowest BCUT2D eigenvalue weighted by atomic mass is 10.2. The van der Waals surface area contributed by atoms with Gasteiger partial charge in [-0.1, -0.05) is 17.3 Å². The number of benzene rings is 1. The Hall–Kier alpha value is -2.36. The summed E-state index contributed by atoms with van der Waals surface area (Å²) in [6, 6.07) is 5.83. The molecule has 0 fully saturated rings. The van der Waals surface area contributed by atoms with Crippen LogP contribution in [0.4, 0.5) is 17.3 Å². The minimum absolute atomic E-state index is 0.704. The lowest BCUT2D eigenvalue weighted by Gasteiger charge is -2.07. The number of aryl methyl sites for hydroxylation is 1. The molecule has 0 atom stereocenters. The van der Waals surface area contributed by atoms with Gasteiger partial charge >= 0.3 is 7.25 Å². The molecule has 1 aromatic carbocycles. The SMILES string of the molecule is C=CC[n+]1nc(C)sc1/C=C/c1ccc(OC)c(OC)c1.F[B-](F)(F)F. The number of halogens is 4. The fraction of sp³-hybridized carbons (Fsp3) is 0.250. The van der Waals surface area contributed by atoms with E-state index >= 15 is 0 Å². The van der Waals surface area contributed by atoms with Crippen molar-refractivity contribution in [2.45, 2.75) is 13.5 Å². The van der Waals surface area contributed by atoms with E-state index in [0.29, 0.717) is 6.54 Å². The van der Waals surface area contributed by atoms with Crippen LogP contribution in [0.15, 0.2) is 30.9 Å². The van der Waals surface area contributed by atoms with Crippen LogP contribution in [0, 0.1) is 6.92 Å². The van der Waals surface area contributed by atoms with Gasteiger partial charge in [-0.2, -0.15) is 0 Å². The van der Waals surface area contributed by atoms with Crippen LogP contribution < -0.4 is 14.2 Å². The number of hydrogen-bond acceptors (Lipinski definition) is 4. The first-order valence-electron chi connectivity index (χ1n) is 7.43. The van der Waals surface area contributed by atoms with Crippen LogP contribution in [-0.4, -0.2) is 26.6 Å². The fourth-order valence-corrected chi connectivity index (χ4v) is 2.74. The van der Waals surface area contributed by atoms with Gasteiger partial charge in [0.2, 0.25) is 0 Å². The molecule has 0 bridgehead atoms. The van der Waals surface area contributed by atoms with Gasteiger partial charge < -0.3 is 26.7 Å². The molecule has 0 amide bonds. The molecule has 0 radical (unpaired) electrons. The smallest absolute Gasteiger partial charge is 0.493 e. The number of aromatic nitrogens is 2. The maximum atomic E-state index is 9.75. The van der Waals surface area contributed by atoms with Crippen molar-refractivity contribution >= 4 is 30.7 Å². The summed E-state index contributed by atoms with van der Waals surface area (Å²) >= 11 is 1.65. The zero-order valence-corrected chi connectivity index (χ0v) is 15.4. The van der Waals surface area contributed by atoms with Crippen molar-refractivity contribution in [1.29, 1.82) is 0 Å². The summed E-state index contributed by atoms with van der Waals surface area (Å²) in [6.45, 7) is 6.46. The summed E-state index contributed by atoms with van der Waals surface area (Å²) < 4.78 is 51.5. The van der Waals surface area contributed by atoms with Gasteiger partial charge in [-0.05, 0) is 48.1 Å². The van der Waals surface area contributed by atoms with Crippen LogP contribution in [0.25, 0.3) is 12.2 Å². The van der Waals surface area contributed by atoms with Crippen LogP contribution in [0.5, 0.6) is 11.5 Å². The highest BCUT2D eigenvalue weighted by atomic mass is 32.1. The number of ether oxygens (including phenoxy) is 2. The Bertz CT molecular complexity index is 757. The van der Waals surface area contributed by atoms with Gasteiger partial charge in [-0.3, -0.25) is 0 Å². The average Bonchev–Trinajstić information content (AvgIpc) is 2.91. The molecule has 1 heterocycles. The van der Waals surface area contributed by atoms with Crippen molar-refractivity contribution < 1.29 is 31.4 Å². The highest BCUT2D eigenvalue weighted by Crippen LogP contribution is 2.28. The first-order valence-corrected chi connectivity index (χ1v) is 8.25. The molecule has 2 rings (SSSR count). The number of nitrogens with zero attached hydrogens (tertiary/aromatic N) is 2. The minimum atomic E-state index is -6.00. The number of hydrogen-bond donors (Lipinski definition) is 0. The Morgan fingerprint density at radius 2 is 1.77 bits per heavy atom. The maximum absolute atomic E-state index is 9.75. The molecular weight excluding hydrogens is 371 g/mol. The van der Waals surface area contributed by atoms with Crippen LogP contribution in [0.2, 0.25) is 0 Å². The molecule has 0 aliphatic carbocycles. The molecule has 142 valence electrons. The highest BCUT2D eigenvalue weighted by Gasteiger charge is 2.20. The zero-order valence-electron chi connectivity index (χ0n) is 14.6. The van der Waals surface area contributed by atoms with Gasteiger partial charge in [0.25, 0.3) is 5.01 Å². The molecular formula is C16H19BF4N2O2S. The van der Waals surface area contributed by atoms with Gasteiger partial charge in [-0.15, -0.1) is 0 Å². The molecule has 4 nitrogen and oxygen atoms in total. The van der Waals surface area contributed by atoms with E-state index in [1.54, 1.807) is 25.6 Å². The summed E-state index contributed by atoms with van der Waals surface area (Å²) in [4.78, 5) is 0. The Balaban J connectivity index is 0.000000597. The summed E-state index contributed by atoms with van der Waals surface area (Å²) in [5.74, 6) is 1.45. The average molecular weight is 390 g/mol. The third-order valence-corrected chi connectivity index (χ3v) is 3.83. The molecule has 0 aliphatic rings. The highest BCUT2D eigenvalue weighted by molar-refractivity contribution is 7.11. The Morgan fingerprint density at radius 1 is 1.15 bits per heavy atom. The van der Waals surface area contributed by atoms with Crippen molar-refractivity contribution in [2.75, 3.05) is 14.2 Å². The van der Waals surface area contributed by atoms with Gasteiger partial charge in [0, 0.05) is 11.2 Å². The molecule has 0 saturated heterocycles. The molecule has 1 aromatic heterocycles. The minimum Gasteiger partial charge on any atom is -0.493 e. The van der Waals surface area contributed by atoms with E-state index < -0.39 is 7.25 Å². The second-order valence-electron chi connectivity index (χ2n) is 4.87. The fourth-order valence-electron chi connectivity index (χ4n) is 1.94. The largest absolute Gasteiger partial charge is 0.673 e. The predicted molar refractivity (Wildman–Crippen MR) is 95.9 cm³/mol. The molecule has 10 heteroatoms. The Labute approximate surface area is 153 Å². The number of rotatable bonds is 6. The van der Waals surface area contributed by atoms with E-state index in [9.17, 15) is 17.3 Å².